The normalized spacial score (nSPS) is 20.7. The maximum Gasteiger partial charge on any atom is 0.243 e. The molecule has 0 bridgehead atoms. The number of hydrogen-bond acceptors (Lipinski definition) is 4. The summed E-state index contributed by atoms with van der Waals surface area (Å²) in [5, 5.41) is 0. The van der Waals surface area contributed by atoms with Crippen LogP contribution in [-0.2, 0) is 14.8 Å². The molecule has 0 unspecified atom stereocenters. The number of amides is 1. The van der Waals surface area contributed by atoms with Crippen LogP contribution in [0.2, 0.25) is 0 Å². The van der Waals surface area contributed by atoms with Crippen LogP contribution in [0.1, 0.15) is 54.6 Å². The first kappa shape index (κ1) is 21.7. The van der Waals surface area contributed by atoms with E-state index in [-0.39, 0.29) is 28.5 Å². The average molecular weight is 441 g/mol. The number of hydrogen-bond donors (Lipinski definition) is 0. The molecule has 31 heavy (non-hydrogen) atoms. The molecule has 2 aromatic rings. The molecule has 2 aliphatic rings. The molecule has 2 aromatic carbocycles. The topological polar surface area (TPSA) is 74.8 Å². The lowest BCUT2D eigenvalue weighted by Crippen LogP contribution is -2.44. The van der Waals surface area contributed by atoms with Crippen LogP contribution in [0.25, 0.3) is 0 Å². The predicted molar refractivity (Wildman–Crippen MR) is 118 cm³/mol. The van der Waals surface area contributed by atoms with Crippen molar-refractivity contribution in [1.29, 1.82) is 0 Å². The second-order valence-corrected chi connectivity index (χ2v) is 10.3. The third kappa shape index (κ3) is 4.43. The first-order valence-corrected chi connectivity index (χ1v) is 12.3. The van der Waals surface area contributed by atoms with Crippen LogP contribution in [0, 0.1) is 5.92 Å². The molecule has 2 heterocycles. The molecule has 6 nitrogen and oxygen atoms in total. The van der Waals surface area contributed by atoms with Crippen molar-refractivity contribution in [3.05, 3.63) is 65.7 Å². The quantitative estimate of drug-likeness (QED) is 0.665. The fourth-order valence-corrected chi connectivity index (χ4v) is 6.17. The number of rotatable bonds is 5. The molecule has 7 heteroatoms. The number of Topliss-reactive ketones (excluding diaryl/α,β-unsaturated/α-hetero) is 1. The number of sulfonamides is 1. The number of ketones is 1. The second-order valence-electron chi connectivity index (χ2n) is 8.36. The highest BCUT2D eigenvalue weighted by atomic mass is 32.2. The van der Waals surface area contributed by atoms with Crippen molar-refractivity contribution >= 4 is 21.7 Å². The fourth-order valence-electron chi connectivity index (χ4n) is 4.65. The van der Waals surface area contributed by atoms with Crippen molar-refractivity contribution in [2.75, 3.05) is 19.6 Å². The predicted octanol–water partition coefficient (Wildman–Crippen LogP) is 3.65. The van der Waals surface area contributed by atoms with E-state index in [1.54, 1.807) is 12.1 Å². The highest BCUT2D eigenvalue weighted by Gasteiger charge is 2.37. The molecule has 1 amide bonds. The van der Waals surface area contributed by atoms with Gasteiger partial charge in [-0.3, -0.25) is 9.59 Å². The Kier molecular flexibility index (Phi) is 6.25. The third-order valence-corrected chi connectivity index (χ3v) is 8.30. The average Bonchev–Trinajstić information content (AvgIpc) is 3.29. The van der Waals surface area contributed by atoms with Gasteiger partial charge in [-0.25, -0.2) is 8.42 Å². The Balaban J connectivity index is 1.43. The lowest BCUT2D eigenvalue weighted by molar-refractivity contribution is -0.137. The van der Waals surface area contributed by atoms with Gasteiger partial charge in [0.1, 0.15) is 0 Å². The maximum atomic E-state index is 13.3. The number of benzene rings is 2. The molecule has 2 saturated heterocycles. The van der Waals surface area contributed by atoms with Crippen molar-refractivity contribution in [1.82, 2.24) is 9.21 Å². The molecule has 0 saturated carbocycles. The molecular formula is C24H28N2O4S. The van der Waals surface area contributed by atoms with E-state index in [2.05, 4.69) is 12.1 Å². The Morgan fingerprint density at radius 2 is 1.61 bits per heavy atom. The fraction of sp³-hybridized carbons (Fsp3) is 0.417. The van der Waals surface area contributed by atoms with Gasteiger partial charge in [-0.15, -0.1) is 0 Å². The standard InChI is InChI=1S/C24H28N2O4S/c1-18(27)21-9-5-10-22(17-21)31(29,30)25-15-12-20(13-16-25)24(28)26-14-6-11-23(26)19-7-3-2-4-8-19/h2-5,7-10,17,20,23H,6,11-16H2,1H3/t23-/m1/s1. The lowest BCUT2D eigenvalue weighted by Gasteiger charge is -2.34. The number of piperidine rings is 1. The van der Waals surface area contributed by atoms with Gasteiger partial charge in [0.15, 0.2) is 5.78 Å². The summed E-state index contributed by atoms with van der Waals surface area (Å²) in [7, 11) is -3.68. The van der Waals surface area contributed by atoms with E-state index in [1.165, 1.54) is 28.9 Å². The van der Waals surface area contributed by atoms with Crippen molar-refractivity contribution in [3.8, 4) is 0 Å². The largest absolute Gasteiger partial charge is 0.335 e. The van der Waals surface area contributed by atoms with Crippen LogP contribution in [0.5, 0.6) is 0 Å². The first-order chi connectivity index (χ1) is 14.9. The number of carbonyl (C=O) groups is 2. The van der Waals surface area contributed by atoms with Gasteiger partial charge >= 0.3 is 0 Å². The second kappa shape index (κ2) is 8.93. The van der Waals surface area contributed by atoms with Crippen LogP contribution in [-0.4, -0.2) is 48.9 Å². The summed E-state index contributed by atoms with van der Waals surface area (Å²) in [5.74, 6) is -0.179. The van der Waals surface area contributed by atoms with Gasteiger partial charge in [0, 0.05) is 31.1 Å². The van der Waals surface area contributed by atoms with E-state index in [0.717, 1.165) is 19.4 Å². The molecule has 164 valence electrons. The van der Waals surface area contributed by atoms with Crippen molar-refractivity contribution in [3.63, 3.8) is 0 Å². The molecule has 1 atom stereocenters. The van der Waals surface area contributed by atoms with Gasteiger partial charge in [-0.05, 0) is 50.3 Å². The molecule has 0 aliphatic carbocycles. The summed E-state index contributed by atoms with van der Waals surface area (Å²) in [4.78, 5) is 27.0. The molecular weight excluding hydrogens is 412 g/mol. The van der Waals surface area contributed by atoms with Gasteiger partial charge in [-0.1, -0.05) is 42.5 Å². The van der Waals surface area contributed by atoms with Gasteiger partial charge in [0.25, 0.3) is 0 Å². The van der Waals surface area contributed by atoms with E-state index in [9.17, 15) is 18.0 Å². The van der Waals surface area contributed by atoms with Crippen LogP contribution < -0.4 is 0 Å². The van der Waals surface area contributed by atoms with Crippen LogP contribution in [0.3, 0.4) is 0 Å². The summed E-state index contributed by atoms with van der Waals surface area (Å²) in [6.07, 6.45) is 2.99. The van der Waals surface area contributed by atoms with E-state index in [1.807, 2.05) is 23.1 Å². The highest BCUT2D eigenvalue weighted by Crippen LogP contribution is 2.35. The van der Waals surface area contributed by atoms with Crippen molar-refractivity contribution in [2.24, 2.45) is 5.92 Å². The Morgan fingerprint density at radius 1 is 0.903 bits per heavy atom. The summed E-state index contributed by atoms with van der Waals surface area (Å²) in [6, 6.07) is 16.4. The van der Waals surface area contributed by atoms with Gasteiger partial charge in [0.2, 0.25) is 15.9 Å². The molecule has 4 rings (SSSR count). The molecule has 2 aliphatic heterocycles. The summed E-state index contributed by atoms with van der Waals surface area (Å²) < 4.78 is 27.5. The van der Waals surface area contributed by atoms with E-state index >= 15 is 0 Å². The van der Waals surface area contributed by atoms with E-state index in [0.29, 0.717) is 31.5 Å². The third-order valence-electron chi connectivity index (χ3n) is 6.40. The Labute approximate surface area is 183 Å². The maximum absolute atomic E-state index is 13.3. The number of carbonyl (C=O) groups excluding carboxylic acids is 2. The van der Waals surface area contributed by atoms with Crippen LogP contribution >= 0.6 is 0 Å². The SMILES string of the molecule is CC(=O)c1cccc(S(=O)(=O)N2CCC(C(=O)N3CCC[C@@H]3c3ccccc3)CC2)c1. The molecule has 0 radical (unpaired) electrons. The Hall–Kier alpha value is -2.51. The Bertz CT molecular complexity index is 1060. The van der Waals surface area contributed by atoms with Crippen molar-refractivity contribution in [2.45, 2.75) is 43.5 Å². The zero-order chi connectivity index (χ0) is 22.0. The van der Waals surface area contributed by atoms with Gasteiger partial charge in [0.05, 0.1) is 10.9 Å². The monoisotopic (exact) mass is 440 g/mol. The highest BCUT2D eigenvalue weighted by molar-refractivity contribution is 7.89. The van der Waals surface area contributed by atoms with Gasteiger partial charge in [-0.2, -0.15) is 4.31 Å². The molecule has 0 aromatic heterocycles. The zero-order valence-corrected chi connectivity index (χ0v) is 18.6. The van der Waals surface area contributed by atoms with E-state index < -0.39 is 10.0 Å². The first-order valence-electron chi connectivity index (χ1n) is 10.8. The summed E-state index contributed by atoms with van der Waals surface area (Å²) in [6.45, 7) is 2.80. The van der Waals surface area contributed by atoms with Crippen molar-refractivity contribution < 1.29 is 18.0 Å². The smallest absolute Gasteiger partial charge is 0.243 e. The van der Waals surface area contributed by atoms with Crippen LogP contribution in [0.4, 0.5) is 0 Å². The summed E-state index contributed by atoms with van der Waals surface area (Å²) in [5.41, 5.74) is 1.55. The van der Waals surface area contributed by atoms with Gasteiger partial charge < -0.3 is 4.90 Å². The minimum absolute atomic E-state index is 0.116. The number of nitrogens with zero attached hydrogens (tertiary/aromatic N) is 2. The molecule has 0 N–H and O–H groups in total. The lowest BCUT2D eigenvalue weighted by atomic mass is 9.95. The Morgan fingerprint density at radius 3 is 2.29 bits per heavy atom. The minimum Gasteiger partial charge on any atom is -0.335 e. The zero-order valence-electron chi connectivity index (χ0n) is 17.7. The summed E-state index contributed by atoms with van der Waals surface area (Å²) >= 11 is 0. The van der Waals surface area contributed by atoms with Crippen LogP contribution in [0.15, 0.2) is 59.5 Å². The number of likely N-dealkylation sites (tertiary alicyclic amines) is 1. The molecule has 2 fully saturated rings. The molecule has 0 spiro atoms. The van der Waals surface area contributed by atoms with E-state index in [4.69, 9.17) is 0 Å². The minimum atomic E-state index is -3.68.